The first-order chi connectivity index (χ1) is 11.2. The van der Waals surface area contributed by atoms with Crippen LogP contribution in [-0.2, 0) is 6.54 Å². The highest BCUT2D eigenvalue weighted by Crippen LogP contribution is 2.30. The molecule has 0 aliphatic carbocycles. The monoisotopic (exact) mass is 330 g/mol. The van der Waals surface area contributed by atoms with Crippen LogP contribution in [0.3, 0.4) is 0 Å². The summed E-state index contributed by atoms with van der Waals surface area (Å²) >= 11 is 1.57. The molecule has 0 saturated carbocycles. The maximum absolute atomic E-state index is 14.1. The summed E-state index contributed by atoms with van der Waals surface area (Å²) in [6, 6.07) is 10.8. The number of likely N-dealkylation sites (tertiary alicyclic amines) is 1. The Kier molecular flexibility index (Phi) is 5.06. The van der Waals surface area contributed by atoms with Crippen LogP contribution in [0.5, 0.6) is 0 Å². The molecule has 0 amide bonds. The zero-order chi connectivity index (χ0) is 16.2. The van der Waals surface area contributed by atoms with E-state index in [9.17, 15) is 9.50 Å². The minimum Gasteiger partial charge on any atom is -0.388 e. The van der Waals surface area contributed by atoms with Gasteiger partial charge in [-0.05, 0) is 49.4 Å². The molecule has 1 saturated heterocycles. The molecule has 23 heavy (non-hydrogen) atoms. The lowest BCUT2D eigenvalue weighted by molar-refractivity contribution is 0.120. The molecule has 1 N–H and O–H groups in total. The first kappa shape index (κ1) is 16.1. The summed E-state index contributed by atoms with van der Waals surface area (Å²) in [6.45, 7) is 1.45. The molecule has 1 fully saturated rings. The van der Waals surface area contributed by atoms with Gasteiger partial charge < -0.3 is 5.11 Å². The van der Waals surface area contributed by atoms with Gasteiger partial charge in [-0.15, -0.1) is 11.3 Å². The lowest BCUT2D eigenvalue weighted by Gasteiger charge is -2.26. The summed E-state index contributed by atoms with van der Waals surface area (Å²) in [5.41, 5.74) is 0.957. The lowest BCUT2D eigenvalue weighted by Crippen LogP contribution is -2.30. The number of benzene rings is 1. The first-order valence-electron chi connectivity index (χ1n) is 7.81. The number of hydrogen-bond donors (Lipinski definition) is 1. The van der Waals surface area contributed by atoms with Gasteiger partial charge in [0, 0.05) is 23.0 Å². The molecule has 0 spiro atoms. The van der Waals surface area contributed by atoms with Crippen LogP contribution in [-0.4, -0.2) is 22.6 Å². The van der Waals surface area contributed by atoms with E-state index in [1.54, 1.807) is 23.5 Å². The van der Waals surface area contributed by atoms with Crippen LogP contribution in [0.25, 0.3) is 0 Å². The number of nitriles is 1. The maximum atomic E-state index is 14.1. The Bertz CT molecular complexity index is 696. The Balaban J connectivity index is 1.66. The molecule has 2 atom stereocenters. The van der Waals surface area contributed by atoms with Gasteiger partial charge >= 0.3 is 0 Å². The van der Waals surface area contributed by atoms with Crippen LogP contribution in [0, 0.1) is 17.1 Å². The standard InChI is InChI=1S/C18H19FN2OS/c19-16-9-13(11-20)5-6-14(16)12-21-7-1-3-15(21)10-17(22)18-4-2-8-23-18/h2,4-6,8-9,15,17,22H,1,3,7,10,12H2. The van der Waals surface area contributed by atoms with E-state index < -0.39 is 6.10 Å². The minimum absolute atomic E-state index is 0.266. The molecule has 120 valence electrons. The number of aliphatic hydroxyl groups is 1. The number of hydrogen-bond acceptors (Lipinski definition) is 4. The summed E-state index contributed by atoms with van der Waals surface area (Å²) in [4.78, 5) is 3.22. The van der Waals surface area contributed by atoms with Gasteiger partial charge in [0.1, 0.15) is 5.82 Å². The summed E-state index contributed by atoms with van der Waals surface area (Å²) in [7, 11) is 0. The van der Waals surface area contributed by atoms with Gasteiger partial charge in [-0.25, -0.2) is 4.39 Å². The Morgan fingerprint density at radius 3 is 3.00 bits per heavy atom. The van der Waals surface area contributed by atoms with E-state index in [1.165, 1.54) is 6.07 Å². The van der Waals surface area contributed by atoms with Gasteiger partial charge in [0.25, 0.3) is 0 Å². The highest BCUT2D eigenvalue weighted by molar-refractivity contribution is 7.10. The lowest BCUT2D eigenvalue weighted by atomic mass is 10.0. The maximum Gasteiger partial charge on any atom is 0.129 e. The zero-order valence-electron chi connectivity index (χ0n) is 12.8. The molecule has 1 aromatic heterocycles. The molecule has 3 rings (SSSR count). The van der Waals surface area contributed by atoms with E-state index in [-0.39, 0.29) is 11.9 Å². The van der Waals surface area contributed by atoms with Crippen molar-refractivity contribution in [2.75, 3.05) is 6.54 Å². The van der Waals surface area contributed by atoms with Crippen LogP contribution in [0.1, 0.15) is 41.4 Å². The van der Waals surface area contributed by atoms with Gasteiger partial charge in [0.2, 0.25) is 0 Å². The molecule has 1 aromatic carbocycles. The Hall–Kier alpha value is -1.74. The highest BCUT2D eigenvalue weighted by Gasteiger charge is 2.28. The fraction of sp³-hybridized carbons (Fsp3) is 0.389. The van der Waals surface area contributed by atoms with Crippen molar-refractivity contribution in [1.82, 2.24) is 4.90 Å². The number of aliphatic hydroxyl groups excluding tert-OH is 1. The second kappa shape index (κ2) is 7.22. The predicted molar refractivity (Wildman–Crippen MR) is 88.4 cm³/mol. The predicted octanol–water partition coefficient (Wildman–Crippen LogP) is 3.85. The van der Waals surface area contributed by atoms with Gasteiger partial charge in [0.15, 0.2) is 0 Å². The van der Waals surface area contributed by atoms with Crippen LogP contribution in [0.15, 0.2) is 35.7 Å². The third-order valence-electron chi connectivity index (χ3n) is 4.42. The largest absolute Gasteiger partial charge is 0.388 e. The van der Waals surface area contributed by atoms with Gasteiger partial charge in [-0.3, -0.25) is 4.90 Å². The first-order valence-corrected chi connectivity index (χ1v) is 8.69. The number of thiophene rings is 1. The summed E-state index contributed by atoms with van der Waals surface area (Å²) in [5.74, 6) is -0.325. The highest BCUT2D eigenvalue weighted by atomic mass is 32.1. The van der Waals surface area contributed by atoms with E-state index >= 15 is 0 Å². The molecule has 1 aliphatic rings. The van der Waals surface area contributed by atoms with E-state index in [2.05, 4.69) is 4.90 Å². The van der Waals surface area contributed by atoms with Crippen molar-refractivity contribution in [3.63, 3.8) is 0 Å². The minimum atomic E-state index is -0.452. The van der Waals surface area contributed by atoms with Crippen LogP contribution in [0.2, 0.25) is 0 Å². The van der Waals surface area contributed by atoms with Gasteiger partial charge in [0.05, 0.1) is 17.7 Å². The van der Waals surface area contributed by atoms with Crippen molar-refractivity contribution in [2.45, 2.75) is 38.0 Å². The van der Waals surface area contributed by atoms with E-state index in [0.717, 1.165) is 24.3 Å². The average Bonchev–Trinajstić information content (AvgIpc) is 3.21. The second-order valence-corrected chi connectivity index (χ2v) is 6.93. The molecule has 3 nitrogen and oxygen atoms in total. The Morgan fingerprint density at radius 1 is 1.43 bits per heavy atom. The molecule has 5 heteroatoms. The van der Waals surface area contributed by atoms with Crippen LogP contribution in [0.4, 0.5) is 4.39 Å². The number of halogens is 1. The van der Waals surface area contributed by atoms with Gasteiger partial charge in [-0.2, -0.15) is 5.26 Å². The molecule has 2 aromatic rings. The van der Waals surface area contributed by atoms with Crippen molar-refractivity contribution in [3.8, 4) is 6.07 Å². The molecule has 2 heterocycles. The van der Waals surface area contributed by atoms with E-state index in [1.807, 2.05) is 23.6 Å². The number of rotatable bonds is 5. The van der Waals surface area contributed by atoms with E-state index in [4.69, 9.17) is 5.26 Å². The number of nitrogens with zero attached hydrogens (tertiary/aromatic N) is 2. The third kappa shape index (κ3) is 3.78. The molecular formula is C18H19FN2OS. The molecule has 2 unspecified atom stereocenters. The fourth-order valence-electron chi connectivity index (χ4n) is 3.19. The zero-order valence-corrected chi connectivity index (χ0v) is 13.6. The molecule has 1 aliphatic heterocycles. The SMILES string of the molecule is N#Cc1ccc(CN2CCCC2CC(O)c2cccs2)c(F)c1. The van der Waals surface area contributed by atoms with Gasteiger partial charge in [-0.1, -0.05) is 12.1 Å². The Morgan fingerprint density at radius 2 is 2.30 bits per heavy atom. The van der Waals surface area contributed by atoms with E-state index in [0.29, 0.717) is 24.1 Å². The van der Waals surface area contributed by atoms with Crippen molar-refractivity contribution >= 4 is 11.3 Å². The summed E-state index contributed by atoms with van der Waals surface area (Å²) in [5, 5.41) is 21.1. The summed E-state index contributed by atoms with van der Waals surface area (Å²) < 4.78 is 14.1. The molecule has 0 bridgehead atoms. The molecule has 0 radical (unpaired) electrons. The normalized spacial score (nSPS) is 19.6. The second-order valence-electron chi connectivity index (χ2n) is 5.95. The van der Waals surface area contributed by atoms with Crippen molar-refractivity contribution in [2.24, 2.45) is 0 Å². The van der Waals surface area contributed by atoms with Crippen molar-refractivity contribution in [3.05, 3.63) is 57.5 Å². The summed E-state index contributed by atoms with van der Waals surface area (Å²) in [6.07, 6.45) is 2.32. The quantitative estimate of drug-likeness (QED) is 0.906. The average molecular weight is 330 g/mol. The van der Waals surface area contributed by atoms with Crippen LogP contribution < -0.4 is 0 Å². The smallest absolute Gasteiger partial charge is 0.129 e. The third-order valence-corrected chi connectivity index (χ3v) is 5.40. The topological polar surface area (TPSA) is 47.3 Å². The Labute approximate surface area is 139 Å². The van der Waals surface area contributed by atoms with Crippen LogP contribution >= 0.6 is 11.3 Å². The van der Waals surface area contributed by atoms with Crippen molar-refractivity contribution in [1.29, 1.82) is 5.26 Å². The molecular weight excluding hydrogens is 311 g/mol. The fourth-order valence-corrected chi connectivity index (χ4v) is 3.91. The van der Waals surface area contributed by atoms with Crippen molar-refractivity contribution < 1.29 is 9.50 Å².